The lowest BCUT2D eigenvalue weighted by atomic mass is 10.0. The van der Waals surface area contributed by atoms with Gasteiger partial charge in [0.2, 0.25) is 0 Å². The van der Waals surface area contributed by atoms with Crippen LogP contribution in [0.25, 0.3) is 32.5 Å². The lowest BCUT2D eigenvalue weighted by Gasteiger charge is -2.10. The molecule has 0 aliphatic carbocycles. The molecule has 0 bridgehead atoms. The zero-order valence-corrected chi connectivity index (χ0v) is 21.4. The van der Waals surface area contributed by atoms with Crippen molar-refractivity contribution in [2.75, 3.05) is 11.1 Å². The Kier molecular flexibility index (Phi) is 6.42. The van der Waals surface area contributed by atoms with Crippen LogP contribution < -0.4 is 11.1 Å². The van der Waals surface area contributed by atoms with Gasteiger partial charge in [-0.3, -0.25) is 9.48 Å². The monoisotopic (exact) mass is 515 g/mol. The molecule has 38 heavy (non-hydrogen) atoms. The van der Waals surface area contributed by atoms with Crippen LogP contribution in [0.4, 0.5) is 11.4 Å². The average Bonchev–Trinajstić information content (AvgIpc) is 3.66. The van der Waals surface area contributed by atoms with Crippen LogP contribution in [0.5, 0.6) is 0 Å². The predicted octanol–water partition coefficient (Wildman–Crippen LogP) is 6.90. The second-order valence-electron chi connectivity index (χ2n) is 9.07. The summed E-state index contributed by atoms with van der Waals surface area (Å²) in [6.07, 6.45) is 2.80. The molecule has 2 heterocycles. The summed E-state index contributed by atoms with van der Waals surface area (Å²) in [4.78, 5) is 14.1. The van der Waals surface area contributed by atoms with Crippen molar-refractivity contribution in [3.8, 4) is 21.7 Å². The Bertz CT molecular complexity index is 1720. The maximum absolute atomic E-state index is 12.9. The smallest absolute Gasteiger partial charge is 0.255 e. The predicted molar refractivity (Wildman–Crippen MR) is 155 cm³/mol. The number of carbonyl (C=O) groups excluding carboxylic acids is 1. The minimum absolute atomic E-state index is 0.217. The van der Waals surface area contributed by atoms with Crippen molar-refractivity contribution in [3.05, 3.63) is 120 Å². The number of anilines is 2. The van der Waals surface area contributed by atoms with E-state index in [0.717, 1.165) is 34.7 Å². The zero-order valence-electron chi connectivity index (χ0n) is 20.5. The fourth-order valence-corrected chi connectivity index (χ4v) is 5.26. The van der Waals surface area contributed by atoms with Crippen molar-refractivity contribution in [3.63, 3.8) is 0 Å². The normalized spacial score (nSPS) is 11.1. The number of nitrogens with zero attached hydrogens (tertiary/aromatic N) is 3. The largest absolute Gasteiger partial charge is 0.397 e. The van der Waals surface area contributed by atoms with Gasteiger partial charge in [0.05, 0.1) is 17.6 Å². The molecule has 1 amide bonds. The van der Waals surface area contributed by atoms with E-state index >= 15 is 0 Å². The molecule has 0 aliphatic heterocycles. The summed E-state index contributed by atoms with van der Waals surface area (Å²) in [5, 5.41) is 16.1. The fraction of sp³-hybridized carbons (Fsp3) is 0.0645. The molecule has 6 rings (SSSR count). The van der Waals surface area contributed by atoms with Gasteiger partial charge in [-0.25, -0.2) is 0 Å². The number of aryl methyl sites for hydroxylation is 2. The third-order valence-electron chi connectivity index (χ3n) is 6.58. The lowest BCUT2D eigenvalue weighted by molar-refractivity contribution is 0.102. The second-order valence-corrected chi connectivity index (χ2v) is 10.0. The summed E-state index contributed by atoms with van der Waals surface area (Å²) in [6.45, 7) is 0.730. The third-order valence-corrected chi connectivity index (χ3v) is 7.50. The highest BCUT2D eigenvalue weighted by molar-refractivity contribution is 7.13. The van der Waals surface area contributed by atoms with E-state index in [1.165, 1.54) is 16.3 Å². The number of rotatable bonds is 7. The number of nitrogen functional groups attached to an aromatic ring is 1. The Morgan fingerprint density at radius 3 is 2.55 bits per heavy atom. The molecule has 0 saturated heterocycles. The van der Waals surface area contributed by atoms with Gasteiger partial charge in [0, 0.05) is 22.5 Å². The van der Waals surface area contributed by atoms with Crippen LogP contribution in [0, 0.1) is 0 Å². The number of benzene rings is 4. The number of hydrogen-bond acceptors (Lipinski definition) is 5. The van der Waals surface area contributed by atoms with E-state index in [4.69, 9.17) is 5.73 Å². The maximum Gasteiger partial charge on any atom is 0.255 e. The first kappa shape index (κ1) is 23.6. The maximum atomic E-state index is 12.9. The summed E-state index contributed by atoms with van der Waals surface area (Å²) < 4.78 is 1.86. The van der Waals surface area contributed by atoms with E-state index in [9.17, 15) is 4.79 Å². The Morgan fingerprint density at radius 2 is 1.71 bits per heavy atom. The van der Waals surface area contributed by atoms with Gasteiger partial charge in [-0.2, -0.15) is 0 Å². The molecular weight excluding hydrogens is 490 g/mol. The first-order valence-corrected chi connectivity index (χ1v) is 13.2. The molecule has 4 aromatic carbocycles. The number of nitrogens with one attached hydrogen (secondary N) is 1. The number of carbonyl (C=O) groups is 1. The molecule has 7 heteroatoms. The highest BCUT2D eigenvalue weighted by atomic mass is 32.1. The van der Waals surface area contributed by atoms with Gasteiger partial charge in [0.15, 0.2) is 0 Å². The summed E-state index contributed by atoms with van der Waals surface area (Å²) in [6, 6.07) is 31.9. The Balaban J connectivity index is 1.13. The average molecular weight is 516 g/mol. The molecule has 6 aromatic rings. The van der Waals surface area contributed by atoms with Crippen LogP contribution in [0.1, 0.15) is 15.9 Å². The van der Waals surface area contributed by atoms with Crippen molar-refractivity contribution in [1.29, 1.82) is 0 Å². The molecule has 6 nitrogen and oxygen atoms in total. The molecule has 3 N–H and O–H groups in total. The van der Waals surface area contributed by atoms with Gasteiger partial charge in [-0.1, -0.05) is 71.9 Å². The van der Waals surface area contributed by atoms with Crippen LogP contribution in [-0.4, -0.2) is 20.9 Å². The van der Waals surface area contributed by atoms with Crippen molar-refractivity contribution < 1.29 is 4.79 Å². The van der Waals surface area contributed by atoms with E-state index in [1.807, 2.05) is 58.7 Å². The van der Waals surface area contributed by atoms with Crippen molar-refractivity contribution in [2.24, 2.45) is 0 Å². The van der Waals surface area contributed by atoms with Crippen molar-refractivity contribution in [1.82, 2.24) is 15.0 Å². The topological polar surface area (TPSA) is 85.8 Å². The van der Waals surface area contributed by atoms with Gasteiger partial charge in [-0.15, -0.1) is 16.4 Å². The van der Waals surface area contributed by atoms with Crippen LogP contribution in [0.2, 0.25) is 0 Å². The number of amides is 1. The second kappa shape index (κ2) is 10.3. The third kappa shape index (κ3) is 4.92. The highest BCUT2D eigenvalue weighted by Gasteiger charge is 2.12. The Morgan fingerprint density at radius 1 is 0.895 bits per heavy atom. The highest BCUT2D eigenvalue weighted by Crippen LogP contribution is 2.30. The molecule has 0 saturated carbocycles. The SMILES string of the molecule is Nc1ccc(-c2cccs2)cc1NC(=O)c1ccc(-c2cn(CCc3cccc4ccccc34)nn2)cc1. The summed E-state index contributed by atoms with van der Waals surface area (Å²) in [5.41, 5.74) is 11.8. The number of nitrogens with two attached hydrogens (primary N) is 1. The van der Waals surface area contributed by atoms with E-state index in [0.29, 0.717) is 16.9 Å². The number of hydrogen-bond donors (Lipinski definition) is 2. The van der Waals surface area contributed by atoms with Crippen molar-refractivity contribution in [2.45, 2.75) is 13.0 Å². The van der Waals surface area contributed by atoms with Crippen LogP contribution >= 0.6 is 11.3 Å². The quantitative estimate of drug-likeness (QED) is 0.226. The first-order valence-electron chi connectivity index (χ1n) is 12.4. The summed E-state index contributed by atoms with van der Waals surface area (Å²) in [5.74, 6) is -0.217. The van der Waals surface area contributed by atoms with E-state index in [2.05, 4.69) is 58.1 Å². The van der Waals surface area contributed by atoms with Gasteiger partial charge < -0.3 is 11.1 Å². The van der Waals surface area contributed by atoms with Crippen LogP contribution in [0.3, 0.4) is 0 Å². The van der Waals surface area contributed by atoms with E-state index in [1.54, 1.807) is 23.5 Å². The first-order chi connectivity index (χ1) is 18.6. The molecule has 0 aliphatic rings. The Labute approximate surface area is 224 Å². The number of aromatic nitrogens is 3. The minimum Gasteiger partial charge on any atom is -0.397 e. The zero-order chi connectivity index (χ0) is 25.9. The van der Waals surface area contributed by atoms with Gasteiger partial charge in [0.25, 0.3) is 5.91 Å². The number of fused-ring (bicyclic) bond motifs is 1. The molecule has 2 aromatic heterocycles. The molecule has 0 unspecified atom stereocenters. The molecule has 0 fully saturated rings. The summed E-state index contributed by atoms with van der Waals surface area (Å²) in [7, 11) is 0. The standard InChI is InChI=1S/C31H25N5OS/c32-27-15-14-25(30-9-4-18-38-30)19-28(27)33-31(37)24-12-10-23(11-13-24)29-20-36(35-34-29)17-16-22-7-3-6-21-5-1-2-8-26(21)22/h1-15,18-20H,16-17,32H2,(H,33,37). The van der Waals surface area contributed by atoms with E-state index in [-0.39, 0.29) is 5.91 Å². The molecule has 0 spiro atoms. The van der Waals surface area contributed by atoms with Crippen LogP contribution in [0.15, 0.2) is 109 Å². The lowest BCUT2D eigenvalue weighted by Crippen LogP contribution is -2.13. The summed E-state index contributed by atoms with van der Waals surface area (Å²) >= 11 is 1.64. The minimum atomic E-state index is -0.217. The molecule has 0 radical (unpaired) electrons. The molecule has 186 valence electrons. The molecular formula is C31H25N5OS. The van der Waals surface area contributed by atoms with Crippen LogP contribution in [-0.2, 0) is 13.0 Å². The Hall–Kier alpha value is -4.75. The fourth-order valence-electron chi connectivity index (χ4n) is 4.53. The van der Waals surface area contributed by atoms with Gasteiger partial charge in [-0.05, 0) is 64.0 Å². The van der Waals surface area contributed by atoms with E-state index < -0.39 is 0 Å². The number of thiophene rings is 1. The van der Waals surface area contributed by atoms with Gasteiger partial charge in [0.1, 0.15) is 5.69 Å². The van der Waals surface area contributed by atoms with Gasteiger partial charge >= 0.3 is 0 Å². The van der Waals surface area contributed by atoms with Crippen molar-refractivity contribution >= 4 is 39.4 Å². The molecule has 0 atom stereocenters.